The molecule has 78 valence electrons. The molecule has 0 aromatic rings. The summed E-state index contributed by atoms with van der Waals surface area (Å²) in [6, 6.07) is 0. The molecule has 14 heavy (non-hydrogen) atoms. The lowest BCUT2D eigenvalue weighted by molar-refractivity contribution is -0.155. The third-order valence-electron chi connectivity index (χ3n) is 2.10. The zero-order valence-electron chi connectivity index (χ0n) is 8.02. The molecule has 1 rings (SSSR count). The van der Waals surface area contributed by atoms with Gasteiger partial charge in [0.2, 0.25) is 0 Å². The van der Waals surface area contributed by atoms with Gasteiger partial charge in [-0.15, -0.1) is 0 Å². The molecular formula is C9H13NO4. The Kier molecular flexibility index (Phi) is 3.64. The van der Waals surface area contributed by atoms with Gasteiger partial charge in [-0.3, -0.25) is 4.79 Å². The van der Waals surface area contributed by atoms with Crippen molar-refractivity contribution in [2.24, 2.45) is 0 Å². The van der Waals surface area contributed by atoms with Crippen molar-refractivity contribution in [3.8, 4) is 0 Å². The molecule has 1 amide bonds. The van der Waals surface area contributed by atoms with Gasteiger partial charge in [-0.25, -0.2) is 4.79 Å². The highest BCUT2D eigenvalue weighted by Gasteiger charge is 2.22. The summed E-state index contributed by atoms with van der Waals surface area (Å²) < 4.78 is 4.94. The van der Waals surface area contributed by atoms with Crippen molar-refractivity contribution in [1.29, 1.82) is 0 Å². The molecule has 0 saturated carbocycles. The number of methoxy groups -OCH3 is 1. The Balaban J connectivity index is 2.50. The average Bonchev–Trinajstić information content (AvgIpc) is 2.18. The van der Waals surface area contributed by atoms with Crippen molar-refractivity contribution in [1.82, 2.24) is 4.90 Å². The average molecular weight is 199 g/mol. The molecule has 5 nitrogen and oxygen atoms in total. The van der Waals surface area contributed by atoms with Crippen LogP contribution in [0.4, 0.5) is 0 Å². The van der Waals surface area contributed by atoms with Crippen LogP contribution in [0.2, 0.25) is 0 Å². The minimum Gasteiger partial charge on any atom is -0.474 e. The Morgan fingerprint density at radius 1 is 1.64 bits per heavy atom. The van der Waals surface area contributed by atoms with Gasteiger partial charge < -0.3 is 14.7 Å². The summed E-state index contributed by atoms with van der Waals surface area (Å²) >= 11 is 0. The molecule has 0 saturated heterocycles. The zero-order valence-corrected chi connectivity index (χ0v) is 8.02. The van der Waals surface area contributed by atoms with Crippen molar-refractivity contribution < 1.29 is 19.4 Å². The fraction of sp³-hybridized carbons (Fsp3) is 0.556. The van der Waals surface area contributed by atoms with Gasteiger partial charge in [0, 0.05) is 20.2 Å². The van der Waals surface area contributed by atoms with E-state index in [9.17, 15) is 9.59 Å². The molecule has 0 radical (unpaired) electrons. The van der Waals surface area contributed by atoms with Gasteiger partial charge in [0.1, 0.15) is 0 Å². The monoisotopic (exact) mass is 199 g/mol. The van der Waals surface area contributed by atoms with Crippen molar-refractivity contribution in [2.45, 2.75) is 6.42 Å². The van der Waals surface area contributed by atoms with Crippen LogP contribution in [0.3, 0.4) is 0 Å². The lowest BCUT2D eigenvalue weighted by Crippen LogP contribution is -2.39. The minimum atomic E-state index is -1.39. The topological polar surface area (TPSA) is 66.8 Å². The van der Waals surface area contributed by atoms with Gasteiger partial charge in [-0.2, -0.15) is 0 Å². The summed E-state index contributed by atoms with van der Waals surface area (Å²) in [4.78, 5) is 22.7. The fourth-order valence-electron chi connectivity index (χ4n) is 1.35. The molecule has 0 fully saturated rings. The lowest BCUT2D eigenvalue weighted by atomic mass is 10.1. The van der Waals surface area contributed by atoms with Crippen LogP contribution in [0.1, 0.15) is 6.42 Å². The van der Waals surface area contributed by atoms with E-state index in [4.69, 9.17) is 9.84 Å². The number of hydrogen-bond donors (Lipinski definition) is 1. The SMILES string of the molecule is COCC1=CCN(C(=O)C(=O)O)CC1. The highest BCUT2D eigenvalue weighted by atomic mass is 16.5. The largest absolute Gasteiger partial charge is 0.474 e. The smallest absolute Gasteiger partial charge is 0.394 e. The van der Waals surface area contributed by atoms with E-state index in [-0.39, 0.29) is 0 Å². The molecule has 1 heterocycles. The second kappa shape index (κ2) is 4.76. The van der Waals surface area contributed by atoms with Crippen LogP contribution in [0.25, 0.3) is 0 Å². The normalized spacial score (nSPS) is 16.4. The van der Waals surface area contributed by atoms with E-state index in [0.29, 0.717) is 26.1 Å². The highest BCUT2D eigenvalue weighted by molar-refractivity contribution is 6.31. The molecule has 0 aromatic carbocycles. The van der Waals surface area contributed by atoms with Crippen molar-refractivity contribution in [3.05, 3.63) is 11.6 Å². The van der Waals surface area contributed by atoms with Crippen LogP contribution in [0, 0.1) is 0 Å². The summed E-state index contributed by atoms with van der Waals surface area (Å²) in [6.07, 6.45) is 2.53. The maximum atomic E-state index is 11.0. The number of carboxylic acid groups (broad SMARTS) is 1. The van der Waals surface area contributed by atoms with Gasteiger partial charge in [0.25, 0.3) is 0 Å². The minimum absolute atomic E-state index is 0.365. The Bertz CT molecular complexity index is 272. The molecule has 0 aliphatic carbocycles. The number of carbonyl (C=O) groups excluding carboxylic acids is 1. The van der Waals surface area contributed by atoms with Crippen molar-refractivity contribution in [2.75, 3.05) is 26.8 Å². The fourth-order valence-corrected chi connectivity index (χ4v) is 1.35. The van der Waals surface area contributed by atoms with E-state index in [1.807, 2.05) is 6.08 Å². The standard InChI is InChI=1S/C9H13NO4/c1-14-6-7-2-4-10(5-3-7)8(11)9(12)13/h2H,3-6H2,1H3,(H,12,13). The molecule has 0 atom stereocenters. The predicted molar refractivity (Wildman–Crippen MR) is 48.8 cm³/mol. The lowest BCUT2D eigenvalue weighted by Gasteiger charge is -2.24. The van der Waals surface area contributed by atoms with E-state index < -0.39 is 11.9 Å². The maximum absolute atomic E-state index is 11.0. The number of carboxylic acids is 1. The summed E-state index contributed by atoms with van der Waals surface area (Å²) in [5, 5.41) is 8.47. The Morgan fingerprint density at radius 3 is 2.79 bits per heavy atom. The second-order valence-corrected chi connectivity index (χ2v) is 3.10. The molecule has 1 aliphatic heterocycles. The molecular weight excluding hydrogens is 186 g/mol. The summed E-state index contributed by atoms with van der Waals surface area (Å²) in [5.41, 5.74) is 1.11. The number of ether oxygens (including phenoxy) is 1. The molecule has 0 spiro atoms. The maximum Gasteiger partial charge on any atom is 0.394 e. The Morgan fingerprint density at radius 2 is 2.36 bits per heavy atom. The first-order valence-electron chi connectivity index (χ1n) is 4.34. The predicted octanol–water partition coefficient (Wildman–Crippen LogP) is -0.124. The summed E-state index contributed by atoms with van der Waals surface area (Å²) in [6.45, 7) is 1.37. The molecule has 0 aromatic heterocycles. The Hall–Kier alpha value is -1.36. The number of hydrogen-bond acceptors (Lipinski definition) is 3. The molecule has 0 unspecified atom stereocenters. The number of nitrogens with zero attached hydrogens (tertiary/aromatic N) is 1. The first-order chi connectivity index (χ1) is 6.65. The van der Waals surface area contributed by atoms with E-state index in [1.54, 1.807) is 7.11 Å². The molecule has 1 aliphatic rings. The summed E-state index contributed by atoms with van der Waals surface area (Å²) in [7, 11) is 1.61. The highest BCUT2D eigenvalue weighted by Crippen LogP contribution is 2.10. The van der Waals surface area contributed by atoms with Crippen LogP contribution < -0.4 is 0 Å². The zero-order chi connectivity index (χ0) is 10.6. The van der Waals surface area contributed by atoms with E-state index in [1.165, 1.54) is 4.90 Å². The van der Waals surface area contributed by atoms with Crippen LogP contribution in [-0.4, -0.2) is 48.7 Å². The van der Waals surface area contributed by atoms with E-state index >= 15 is 0 Å². The van der Waals surface area contributed by atoms with Crippen LogP contribution in [0.5, 0.6) is 0 Å². The van der Waals surface area contributed by atoms with Crippen LogP contribution in [-0.2, 0) is 14.3 Å². The summed E-state index contributed by atoms with van der Waals surface area (Å²) in [5.74, 6) is -2.23. The van der Waals surface area contributed by atoms with Gasteiger partial charge in [-0.1, -0.05) is 6.08 Å². The number of rotatable bonds is 2. The molecule has 1 N–H and O–H groups in total. The first-order valence-corrected chi connectivity index (χ1v) is 4.34. The number of aliphatic carboxylic acids is 1. The van der Waals surface area contributed by atoms with E-state index in [2.05, 4.69) is 0 Å². The first kappa shape index (κ1) is 10.7. The Labute approximate surface area is 82.0 Å². The van der Waals surface area contributed by atoms with Gasteiger partial charge in [0.15, 0.2) is 0 Å². The molecule has 0 bridgehead atoms. The van der Waals surface area contributed by atoms with Gasteiger partial charge in [-0.05, 0) is 12.0 Å². The third-order valence-corrected chi connectivity index (χ3v) is 2.10. The number of amides is 1. The quantitative estimate of drug-likeness (QED) is 0.497. The van der Waals surface area contributed by atoms with Crippen molar-refractivity contribution >= 4 is 11.9 Å². The van der Waals surface area contributed by atoms with E-state index in [0.717, 1.165) is 5.57 Å². The van der Waals surface area contributed by atoms with Crippen LogP contribution >= 0.6 is 0 Å². The number of carbonyl (C=O) groups is 2. The van der Waals surface area contributed by atoms with Crippen LogP contribution in [0.15, 0.2) is 11.6 Å². The van der Waals surface area contributed by atoms with Gasteiger partial charge in [0.05, 0.1) is 6.61 Å². The third kappa shape index (κ3) is 2.56. The van der Waals surface area contributed by atoms with Gasteiger partial charge >= 0.3 is 11.9 Å². The molecule has 5 heteroatoms. The second-order valence-electron chi connectivity index (χ2n) is 3.10. The van der Waals surface area contributed by atoms with Crippen molar-refractivity contribution in [3.63, 3.8) is 0 Å².